The second-order valence-electron chi connectivity index (χ2n) is 14.1. The van der Waals surface area contributed by atoms with Crippen LogP contribution in [0.2, 0.25) is 0 Å². The molecule has 0 amide bonds. The first-order valence-electron chi connectivity index (χ1n) is 17.3. The van der Waals surface area contributed by atoms with E-state index in [0.717, 1.165) is 12.8 Å². The molecule has 44 heavy (non-hydrogen) atoms. The number of rotatable bonds is 4. The van der Waals surface area contributed by atoms with Gasteiger partial charge in [0.15, 0.2) is 0 Å². The third-order valence-corrected chi connectivity index (χ3v) is 11.9. The molecule has 0 radical (unpaired) electrons. The maximum Gasteiger partial charge on any atom is 0.0548 e. The van der Waals surface area contributed by atoms with Crippen molar-refractivity contribution >= 4 is 11.3 Å². The number of nitrogens with zero attached hydrogens (tertiary/aromatic N) is 2. The summed E-state index contributed by atoms with van der Waals surface area (Å²) in [5.41, 5.74) is 9.21. The van der Waals surface area contributed by atoms with Gasteiger partial charge in [-0.3, -0.25) is 0 Å². The average Bonchev–Trinajstić information content (AvgIpc) is 3.62. The lowest BCUT2D eigenvalue weighted by atomic mass is 9.71. The van der Waals surface area contributed by atoms with Gasteiger partial charge in [-0.1, -0.05) is 109 Å². The first-order chi connectivity index (χ1) is 21.8. The van der Waals surface area contributed by atoms with Crippen molar-refractivity contribution in [2.75, 3.05) is 4.90 Å². The van der Waals surface area contributed by atoms with Gasteiger partial charge >= 0.3 is 0 Å². The van der Waals surface area contributed by atoms with Gasteiger partial charge in [-0.05, 0) is 85.8 Å². The first kappa shape index (κ1) is 26.6. The molecule has 7 aliphatic rings. The minimum Gasteiger partial charge on any atom is -0.367 e. The maximum absolute atomic E-state index is 2.99. The lowest BCUT2D eigenvalue weighted by Crippen LogP contribution is -2.48. The highest BCUT2D eigenvalue weighted by atomic mass is 15.2. The van der Waals surface area contributed by atoms with E-state index in [1.807, 2.05) is 0 Å². The van der Waals surface area contributed by atoms with E-state index in [-0.39, 0.29) is 0 Å². The van der Waals surface area contributed by atoms with E-state index >= 15 is 0 Å². The molecule has 1 saturated heterocycles. The van der Waals surface area contributed by atoms with E-state index in [1.54, 1.807) is 22.4 Å². The summed E-state index contributed by atoms with van der Waals surface area (Å²) in [6.07, 6.45) is 35.0. The topological polar surface area (TPSA) is 6.48 Å². The second-order valence-corrected chi connectivity index (χ2v) is 14.1. The van der Waals surface area contributed by atoms with Gasteiger partial charge in [-0.25, -0.2) is 0 Å². The summed E-state index contributed by atoms with van der Waals surface area (Å²) < 4.78 is 0. The Kier molecular flexibility index (Phi) is 6.64. The molecule has 0 bridgehead atoms. The quantitative estimate of drug-likeness (QED) is 0.335. The Morgan fingerprint density at radius 1 is 0.705 bits per heavy atom. The molecule has 8 unspecified atom stereocenters. The van der Waals surface area contributed by atoms with E-state index in [4.69, 9.17) is 0 Å². The van der Waals surface area contributed by atoms with Gasteiger partial charge in [0, 0.05) is 53.2 Å². The van der Waals surface area contributed by atoms with E-state index in [9.17, 15) is 0 Å². The molecule has 0 N–H and O–H groups in total. The van der Waals surface area contributed by atoms with E-state index in [0.29, 0.717) is 47.8 Å². The largest absolute Gasteiger partial charge is 0.367 e. The van der Waals surface area contributed by atoms with Gasteiger partial charge in [0.25, 0.3) is 0 Å². The Bertz CT molecular complexity index is 1620. The normalized spacial score (nSPS) is 35.2. The molecule has 2 aromatic carbocycles. The molecule has 2 aromatic rings. The zero-order valence-corrected chi connectivity index (χ0v) is 25.7. The minimum absolute atomic E-state index is 0.444. The Hall–Kier alpha value is -3.78. The molecule has 0 saturated carbocycles. The van der Waals surface area contributed by atoms with Crippen molar-refractivity contribution < 1.29 is 0 Å². The maximum atomic E-state index is 2.99. The van der Waals surface area contributed by atoms with Crippen molar-refractivity contribution in [1.29, 1.82) is 0 Å². The number of allylic oxidation sites excluding steroid dienone is 7. The highest BCUT2D eigenvalue weighted by molar-refractivity contribution is 5.67. The summed E-state index contributed by atoms with van der Waals surface area (Å²) in [5.74, 6) is 2.17. The Morgan fingerprint density at radius 3 is 2.45 bits per heavy atom. The van der Waals surface area contributed by atoms with Crippen LogP contribution in [0.15, 0.2) is 138 Å². The zero-order valence-electron chi connectivity index (χ0n) is 25.7. The van der Waals surface area contributed by atoms with E-state index in [2.05, 4.69) is 131 Å². The molecule has 9 rings (SSSR count). The van der Waals surface area contributed by atoms with Crippen molar-refractivity contribution in [1.82, 2.24) is 4.90 Å². The Morgan fingerprint density at radius 2 is 1.57 bits per heavy atom. The van der Waals surface area contributed by atoms with Crippen molar-refractivity contribution in [3.63, 3.8) is 0 Å². The van der Waals surface area contributed by atoms with Crippen LogP contribution in [0.5, 0.6) is 0 Å². The van der Waals surface area contributed by atoms with Crippen LogP contribution in [-0.4, -0.2) is 29.1 Å². The van der Waals surface area contributed by atoms with Crippen LogP contribution in [0.4, 0.5) is 5.69 Å². The van der Waals surface area contributed by atoms with Crippen LogP contribution >= 0.6 is 0 Å². The molecule has 1 fully saturated rings. The standard InChI is InChI=1S/C42H44N2/c1-3-13-29(14-4-1)30-15-11-18-33(27-30)44-40-24-10-7-19-35(40)37-22-12-21-34(42(37)44)31-25-26-41-38(28-31)36-20-8-9-23-39(36)43(41)32-16-5-2-6-17-32/h1-8,12-17,19-20,22,25-26,28,33-34,36-39,41-42H,9-11,18,21,23-24,27H2. The fraction of sp³-hybridized carbons (Fsp3) is 0.381. The lowest BCUT2D eigenvalue weighted by molar-refractivity contribution is 0.133. The lowest BCUT2D eigenvalue weighted by Gasteiger charge is -2.46. The molecule has 2 aliphatic heterocycles. The third-order valence-electron chi connectivity index (χ3n) is 11.9. The van der Waals surface area contributed by atoms with Crippen molar-refractivity contribution in [2.24, 2.45) is 23.7 Å². The fourth-order valence-corrected chi connectivity index (χ4v) is 10.1. The molecule has 2 heteroatoms. The van der Waals surface area contributed by atoms with Gasteiger partial charge in [0.2, 0.25) is 0 Å². The second kappa shape index (κ2) is 11.0. The minimum atomic E-state index is 0.444. The van der Waals surface area contributed by atoms with Gasteiger partial charge in [0.1, 0.15) is 0 Å². The van der Waals surface area contributed by atoms with Crippen LogP contribution in [-0.2, 0) is 0 Å². The summed E-state index contributed by atoms with van der Waals surface area (Å²) >= 11 is 0. The number of benzene rings is 2. The van der Waals surface area contributed by atoms with E-state index in [1.165, 1.54) is 49.8 Å². The van der Waals surface area contributed by atoms with Crippen molar-refractivity contribution in [3.05, 3.63) is 144 Å². The molecule has 2 nitrogen and oxygen atoms in total. The molecule has 8 atom stereocenters. The van der Waals surface area contributed by atoms with Crippen molar-refractivity contribution in [3.8, 4) is 0 Å². The van der Waals surface area contributed by atoms with Crippen LogP contribution in [0.3, 0.4) is 0 Å². The summed E-state index contributed by atoms with van der Waals surface area (Å²) in [4.78, 5) is 5.75. The SMILES string of the molecule is C1=CC2=C(CC1)N(C1CCC=C(c3ccccc3)C1)C1C2C=CCC1C1=CC2C3C=CCCC3N(c3ccccc3)C2C=C1. The highest BCUT2D eigenvalue weighted by Crippen LogP contribution is 2.53. The fourth-order valence-electron chi connectivity index (χ4n) is 10.1. The molecule has 0 aromatic heterocycles. The highest BCUT2D eigenvalue weighted by Gasteiger charge is 2.50. The number of anilines is 1. The van der Waals surface area contributed by atoms with Gasteiger partial charge in [-0.2, -0.15) is 0 Å². The number of fused-ring (bicyclic) bond motifs is 5. The molecular formula is C42H44N2. The van der Waals surface area contributed by atoms with Crippen molar-refractivity contribution in [2.45, 2.75) is 75.5 Å². The number of hydrogen-bond donors (Lipinski definition) is 0. The Balaban J connectivity index is 1.07. The monoisotopic (exact) mass is 576 g/mol. The summed E-state index contributed by atoms with van der Waals surface area (Å²) in [6, 6.07) is 24.5. The van der Waals surface area contributed by atoms with Crippen LogP contribution in [0.1, 0.15) is 56.9 Å². The van der Waals surface area contributed by atoms with E-state index < -0.39 is 0 Å². The summed E-state index contributed by atoms with van der Waals surface area (Å²) in [6.45, 7) is 0. The molecule has 0 spiro atoms. The van der Waals surface area contributed by atoms with Gasteiger partial charge in [-0.15, -0.1) is 0 Å². The van der Waals surface area contributed by atoms with Crippen LogP contribution in [0.25, 0.3) is 5.57 Å². The average molecular weight is 577 g/mol. The van der Waals surface area contributed by atoms with Crippen LogP contribution in [0, 0.1) is 23.7 Å². The van der Waals surface area contributed by atoms with Gasteiger partial charge < -0.3 is 9.80 Å². The number of para-hydroxylation sites is 1. The first-order valence-corrected chi connectivity index (χ1v) is 17.3. The predicted molar refractivity (Wildman–Crippen MR) is 183 cm³/mol. The summed E-state index contributed by atoms with van der Waals surface area (Å²) in [5, 5.41) is 0. The molecule has 5 aliphatic carbocycles. The van der Waals surface area contributed by atoms with Crippen LogP contribution < -0.4 is 4.90 Å². The zero-order chi connectivity index (χ0) is 29.0. The number of hydrogen-bond acceptors (Lipinski definition) is 2. The molecule has 222 valence electrons. The smallest absolute Gasteiger partial charge is 0.0548 e. The van der Waals surface area contributed by atoms with Gasteiger partial charge in [0.05, 0.1) is 6.04 Å². The molecular weight excluding hydrogens is 532 g/mol. The third kappa shape index (κ3) is 4.28. The Labute approximate surface area is 263 Å². The summed E-state index contributed by atoms with van der Waals surface area (Å²) in [7, 11) is 0. The molecule has 2 heterocycles. The predicted octanol–water partition coefficient (Wildman–Crippen LogP) is 9.44.